The maximum Gasteiger partial charge on any atom is 0.191 e. The van der Waals surface area contributed by atoms with E-state index in [4.69, 9.17) is 4.74 Å². The number of ether oxygens (including phenoxy) is 1. The molecule has 0 bridgehead atoms. The zero-order valence-electron chi connectivity index (χ0n) is 22.2. The molecule has 0 N–H and O–H groups in total. The lowest BCUT2D eigenvalue weighted by Crippen LogP contribution is -2.28. The van der Waals surface area contributed by atoms with Crippen molar-refractivity contribution < 1.29 is 13.5 Å². The van der Waals surface area contributed by atoms with Crippen LogP contribution in [0.2, 0.25) is 18.1 Å². The summed E-state index contributed by atoms with van der Waals surface area (Å²) in [5.41, 5.74) is 0.837. The summed E-state index contributed by atoms with van der Waals surface area (Å²) >= 11 is 0. The zero-order valence-corrected chi connectivity index (χ0v) is 23.4. The van der Waals surface area contributed by atoms with Crippen LogP contribution in [0.1, 0.15) is 122 Å². The molecule has 1 heterocycles. The summed E-state index contributed by atoms with van der Waals surface area (Å²) in [6, 6.07) is 7.80. The second kappa shape index (κ2) is 14.6. The minimum absolute atomic E-state index is 0.160. The lowest BCUT2D eigenvalue weighted by Gasteiger charge is -2.37. The molecule has 194 valence electrons. The number of rotatable bonds is 13. The molecule has 1 aliphatic carbocycles. The van der Waals surface area contributed by atoms with Gasteiger partial charge in [0.05, 0.1) is 6.10 Å². The van der Waals surface area contributed by atoms with E-state index in [1.807, 2.05) is 6.92 Å². The molecule has 4 heteroatoms. The SMILES string of the molecule is CCCCCC[C@H](C)Oc1c(F)cc([C@H]2CC[C@H]([C@H]3CC[Si@H](CCCCC)CC3)CC2)cc1F. The third kappa shape index (κ3) is 8.35. The van der Waals surface area contributed by atoms with Crippen LogP contribution in [0.4, 0.5) is 8.78 Å². The highest BCUT2D eigenvalue weighted by Crippen LogP contribution is 2.44. The maximum absolute atomic E-state index is 14.8. The fourth-order valence-corrected chi connectivity index (χ4v) is 10.1. The molecule has 0 amide bonds. The molecule has 1 saturated carbocycles. The first-order valence-corrected chi connectivity index (χ1v) is 17.1. The summed E-state index contributed by atoms with van der Waals surface area (Å²) < 4.78 is 35.3. The molecule has 1 aromatic carbocycles. The lowest BCUT2D eigenvalue weighted by molar-refractivity contribution is 0.187. The van der Waals surface area contributed by atoms with Gasteiger partial charge in [-0.1, -0.05) is 83.3 Å². The predicted octanol–water partition coefficient (Wildman–Crippen LogP) is 9.80. The molecule has 1 saturated heterocycles. The molecule has 1 atom stereocenters. The Labute approximate surface area is 210 Å². The van der Waals surface area contributed by atoms with Crippen LogP contribution in [0, 0.1) is 23.5 Å². The molecule has 2 fully saturated rings. The Bertz CT molecular complexity index is 685. The minimum Gasteiger partial charge on any atom is -0.485 e. The van der Waals surface area contributed by atoms with Gasteiger partial charge in [-0.15, -0.1) is 0 Å². The molecular formula is C30H50F2OSi. The summed E-state index contributed by atoms with van der Waals surface area (Å²) in [5, 5.41) is 0. The van der Waals surface area contributed by atoms with E-state index in [0.29, 0.717) is 5.92 Å². The van der Waals surface area contributed by atoms with Crippen molar-refractivity contribution in [2.45, 2.75) is 141 Å². The van der Waals surface area contributed by atoms with Gasteiger partial charge in [0.25, 0.3) is 0 Å². The third-order valence-corrected chi connectivity index (χ3v) is 12.3. The van der Waals surface area contributed by atoms with Crippen molar-refractivity contribution in [3.63, 3.8) is 0 Å². The quantitative estimate of drug-likeness (QED) is 0.197. The van der Waals surface area contributed by atoms with Crippen LogP contribution < -0.4 is 4.74 Å². The molecule has 0 radical (unpaired) electrons. The molecule has 0 unspecified atom stereocenters. The van der Waals surface area contributed by atoms with Gasteiger partial charge in [0.2, 0.25) is 0 Å². The van der Waals surface area contributed by atoms with Crippen LogP contribution in [-0.4, -0.2) is 14.9 Å². The number of unbranched alkanes of at least 4 members (excludes halogenated alkanes) is 5. The van der Waals surface area contributed by atoms with Gasteiger partial charge in [-0.05, 0) is 80.9 Å². The second-order valence-electron chi connectivity index (χ2n) is 11.5. The predicted molar refractivity (Wildman–Crippen MR) is 144 cm³/mol. The molecule has 0 aromatic heterocycles. The van der Waals surface area contributed by atoms with E-state index in [1.165, 1.54) is 57.8 Å². The first-order chi connectivity index (χ1) is 16.5. The van der Waals surface area contributed by atoms with Crippen LogP contribution in [0.5, 0.6) is 5.75 Å². The van der Waals surface area contributed by atoms with E-state index < -0.39 is 20.4 Å². The lowest BCUT2D eigenvalue weighted by atomic mass is 9.72. The number of halogens is 2. The fraction of sp³-hybridized carbons (Fsp3) is 0.800. The standard InChI is InChI=1S/C30H50F2OSi/c1-4-6-8-9-11-23(3)33-30-28(31)21-27(22-29(30)32)25-14-12-24(13-15-25)26-16-19-34(20-17-26)18-10-7-5-2/h21-26,34H,4-20H2,1-3H3/t23-,24-,25-,26-,34-/m0/s1. The largest absolute Gasteiger partial charge is 0.485 e. The smallest absolute Gasteiger partial charge is 0.191 e. The average Bonchev–Trinajstić information content (AvgIpc) is 2.85. The van der Waals surface area contributed by atoms with Gasteiger partial charge in [0.15, 0.2) is 17.4 Å². The number of benzene rings is 1. The highest BCUT2D eigenvalue weighted by atomic mass is 28.3. The van der Waals surface area contributed by atoms with E-state index >= 15 is 0 Å². The Morgan fingerprint density at radius 3 is 2.03 bits per heavy atom. The summed E-state index contributed by atoms with van der Waals surface area (Å²) in [6.45, 7) is 6.40. The van der Waals surface area contributed by atoms with E-state index in [1.54, 1.807) is 30.3 Å². The Kier molecular flexibility index (Phi) is 11.9. The summed E-state index contributed by atoms with van der Waals surface area (Å²) in [5.74, 6) is 0.820. The van der Waals surface area contributed by atoms with Crippen molar-refractivity contribution in [2.75, 3.05) is 0 Å². The Morgan fingerprint density at radius 1 is 0.824 bits per heavy atom. The third-order valence-electron chi connectivity index (χ3n) is 8.82. The van der Waals surface area contributed by atoms with Crippen molar-refractivity contribution in [3.05, 3.63) is 29.3 Å². The molecule has 1 nitrogen and oxygen atoms in total. The van der Waals surface area contributed by atoms with Crippen molar-refractivity contribution in [1.82, 2.24) is 0 Å². The van der Waals surface area contributed by atoms with Crippen LogP contribution in [0.15, 0.2) is 12.1 Å². The monoisotopic (exact) mass is 492 g/mol. The Hall–Kier alpha value is -0.903. The first kappa shape index (κ1) is 27.7. The maximum atomic E-state index is 14.8. The topological polar surface area (TPSA) is 9.23 Å². The van der Waals surface area contributed by atoms with Gasteiger partial charge >= 0.3 is 0 Å². The molecule has 0 spiro atoms. The minimum atomic E-state index is -0.524. The summed E-state index contributed by atoms with van der Waals surface area (Å²) in [4.78, 5) is 0. The van der Waals surface area contributed by atoms with Crippen LogP contribution in [0.3, 0.4) is 0 Å². The summed E-state index contributed by atoms with van der Waals surface area (Å²) in [7, 11) is -0.445. The number of hydrogen-bond donors (Lipinski definition) is 0. The van der Waals surface area contributed by atoms with Gasteiger partial charge in [-0.3, -0.25) is 0 Å². The summed E-state index contributed by atoms with van der Waals surface area (Å²) in [6.07, 6.45) is 17.0. The zero-order chi connectivity index (χ0) is 24.3. The molecule has 3 rings (SSSR count). The van der Waals surface area contributed by atoms with Gasteiger partial charge in [-0.2, -0.15) is 0 Å². The van der Waals surface area contributed by atoms with Crippen LogP contribution in [0.25, 0.3) is 0 Å². The molecule has 34 heavy (non-hydrogen) atoms. The van der Waals surface area contributed by atoms with E-state index in [-0.39, 0.29) is 11.9 Å². The first-order valence-electron chi connectivity index (χ1n) is 14.7. The highest BCUT2D eigenvalue weighted by molar-refractivity contribution is 6.58. The van der Waals surface area contributed by atoms with Crippen molar-refractivity contribution in [1.29, 1.82) is 0 Å². The normalized spacial score (nSPS) is 26.4. The average molecular weight is 493 g/mol. The Morgan fingerprint density at radius 2 is 1.41 bits per heavy atom. The van der Waals surface area contributed by atoms with Gasteiger partial charge < -0.3 is 4.74 Å². The fourth-order valence-electron chi connectivity index (χ4n) is 6.60. The second-order valence-corrected chi connectivity index (χ2v) is 14.9. The molecule has 2 aliphatic rings. The van der Waals surface area contributed by atoms with Crippen LogP contribution >= 0.6 is 0 Å². The highest BCUT2D eigenvalue weighted by Gasteiger charge is 2.32. The van der Waals surface area contributed by atoms with Gasteiger partial charge in [0.1, 0.15) is 0 Å². The van der Waals surface area contributed by atoms with Gasteiger partial charge in [0, 0.05) is 8.80 Å². The van der Waals surface area contributed by atoms with Crippen molar-refractivity contribution >= 4 is 8.80 Å². The van der Waals surface area contributed by atoms with Crippen molar-refractivity contribution in [3.8, 4) is 5.75 Å². The molecular weight excluding hydrogens is 442 g/mol. The van der Waals surface area contributed by atoms with E-state index in [2.05, 4.69) is 13.8 Å². The molecule has 1 aromatic rings. The van der Waals surface area contributed by atoms with Crippen molar-refractivity contribution in [2.24, 2.45) is 11.8 Å². The van der Waals surface area contributed by atoms with Crippen LogP contribution in [-0.2, 0) is 0 Å². The molecule has 1 aliphatic heterocycles. The van der Waals surface area contributed by atoms with Gasteiger partial charge in [-0.25, -0.2) is 8.78 Å². The van der Waals surface area contributed by atoms with E-state index in [0.717, 1.165) is 49.5 Å². The van der Waals surface area contributed by atoms with E-state index in [9.17, 15) is 8.78 Å². The number of hydrogen-bond acceptors (Lipinski definition) is 1. The Balaban J connectivity index is 1.45.